The van der Waals surface area contributed by atoms with Crippen LogP contribution in [0.25, 0.3) is 0 Å². The van der Waals surface area contributed by atoms with Crippen LogP contribution in [0.3, 0.4) is 0 Å². The second-order valence-electron chi connectivity index (χ2n) is 4.66. The molecule has 5 nitrogen and oxygen atoms in total. The van der Waals surface area contributed by atoms with Crippen LogP contribution in [0.4, 0.5) is 0 Å². The van der Waals surface area contributed by atoms with E-state index in [1.54, 1.807) is 6.20 Å². The van der Waals surface area contributed by atoms with Crippen LogP contribution in [0, 0.1) is 13.8 Å². The minimum Gasteiger partial charge on any atom is -0.493 e. The molecule has 1 aromatic heterocycles. The predicted octanol–water partition coefficient (Wildman–Crippen LogP) is 2.11. The van der Waals surface area contributed by atoms with Gasteiger partial charge in [-0.3, -0.25) is 9.89 Å². The largest absolute Gasteiger partial charge is 0.493 e. The van der Waals surface area contributed by atoms with E-state index in [9.17, 15) is 4.79 Å². The number of aromatic amines is 1. The number of hydrogen-bond acceptors (Lipinski definition) is 3. The number of carbonyl (C=O) groups excluding carboxylic acids is 1. The van der Waals surface area contributed by atoms with Crippen LogP contribution in [-0.2, 0) is 11.3 Å². The zero-order chi connectivity index (χ0) is 14.4. The number of nitrogens with zero attached hydrogens (tertiary/aromatic N) is 1. The molecule has 20 heavy (non-hydrogen) atoms. The number of nitrogens with one attached hydrogen (secondary N) is 2. The number of ether oxygens (including phenoxy) is 1. The number of aromatic nitrogens is 2. The number of aryl methyl sites for hydroxylation is 1. The van der Waals surface area contributed by atoms with Crippen LogP contribution in [0.15, 0.2) is 30.5 Å². The lowest BCUT2D eigenvalue weighted by Gasteiger charge is -2.10. The van der Waals surface area contributed by atoms with Crippen molar-refractivity contribution in [2.45, 2.75) is 26.8 Å². The van der Waals surface area contributed by atoms with E-state index in [0.717, 1.165) is 17.0 Å². The van der Waals surface area contributed by atoms with E-state index in [-0.39, 0.29) is 5.91 Å². The van der Waals surface area contributed by atoms with Crippen LogP contribution in [0.2, 0.25) is 0 Å². The molecule has 2 rings (SSSR count). The fourth-order valence-electron chi connectivity index (χ4n) is 1.80. The minimum atomic E-state index is -0.0371. The molecule has 5 heteroatoms. The Balaban J connectivity index is 1.72. The van der Waals surface area contributed by atoms with Crippen LogP contribution >= 0.6 is 0 Å². The number of carbonyl (C=O) groups is 1. The molecule has 0 atom stereocenters. The van der Waals surface area contributed by atoms with Gasteiger partial charge in [-0.2, -0.15) is 5.10 Å². The first-order valence-corrected chi connectivity index (χ1v) is 6.61. The number of amides is 1. The lowest BCUT2D eigenvalue weighted by Crippen LogP contribution is -2.24. The third-order valence-electron chi connectivity index (χ3n) is 3.18. The lowest BCUT2D eigenvalue weighted by atomic mass is 10.1. The molecule has 0 saturated heterocycles. The van der Waals surface area contributed by atoms with Gasteiger partial charge < -0.3 is 10.1 Å². The van der Waals surface area contributed by atoms with Crippen LogP contribution in [0.1, 0.15) is 23.2 Å². The summed E-state index contributed by atoms with van der Waals surface area (Å²) in [6.45, 7) is 4.89. The van der Waals surface area contributed by atoms with Gasteiger partial charge in [-0.25, -0.2) is 0 Å². The second kappa shape index (κ2) is 6.75. The van der Waals surface area contributed by atoms with E-state index in [1.165, 1.54) is 5.56 Å². The first-order chi connectivity index (χ1) is 9.66. The monoisotopic (exact) mass is 273 g/mol. The minimum absolute atomic E-state index is 0.0371. The average molecular weight is 273 g/mol. The Kier molecular flexibility index (Phi) is 4.76. The molecule has 2 aromatic rings. The van der Waals surface area contributed by atoms with Gasteiger partial charge in [-0.1, -0.05) is 12.1 Å². The summed E-state index contributed by atoms with van der Waals surface area (Å²) in [4.78, 5) is 11.7. The third kappa shape index (κ3) is 3.85. The Bertz CT molecular complexity index is 565. The molecule has 0 aliphatic heterocycles. The van der Waals surface area contributed by atoms with Gasteiger partial charge in [0.05, 0.1) is 25.3 Å². The molecule has 1 aromatic carbocycles. The summed E-state index contributed by atoms with van der Waals surface area (Å²) in [5, 5.41) is 9.42. The lowest BCUT2D eigenvalue weighted by molar-refractivity contribution is -0.121. The molecule has 0 radical (unpaired) electrons. The quantitative estimate of drug-likeness (QED) is 0.847. The summed E-state index contributed by atoms with van der Waals surface area (Å²) in [7, 11) is 0. The third-order valence-corrected chi connectivity index (χ3v) is 3.18. The summed E-state index contributed by atoms with van der Waals surface area (Å²) >= 11 is 0. The van der Waals surface area contributed by atoms with Crippen molar-refractivity contribution in [2.75, 3.05) is 6.61 Å². The van der Waals surface area contributed by atoms with E-state index in [2.05, 4.69) is 15.5 Å². The van der Waals surface area contributed by atoms with Crippen molar-refractivity contribution < 1.29 is 9.53 Å². The molecule has 106 valence electrons. The molecule has 0 aliphatic carbocycles. The van der Waals surface area contributed by atoms with Crippen molar-refractivity contribution in [1.82, 2.24) is 15.5 Å². The molecule has 0 spiro atoms. The Morgan fingerprint density at radius 1 is 1.35 bits per heavy atom. The molecule has 0 aliphatic rings. The molecule has 1 amide bonds. The van der Waals surface area contributed by atoms with Crippen molar-refractivity contribution in [3.8, 4) is 5.75 Å². The van der Waals surface area contributed by atoms with Crippen molar-refractivity contribution >= 4 is 5.91 Å². The van der Waals surface area contributed by atoms with E-state index in [0.29, 0.717) is 19.6 Å². The highest BCUT2D eigenvalue weighted by molar-refractivity contribution is 5.75. The number of H-pyrrole nitrogens is 1. The predicted molar refractivity (Wildman–Crippen MR) is 76.5 cm³/mol. The Morgan fingerprint density at radius 3 is 2.95 bits per heavy atom. The van der Waals surface area contributed by atoms with Gasteiger partial charge in [-0.05, 0) is 37.1 Å². The van der Waals surface area contributed by atoms with Gasteiger partial charge in [0, 0.05) is 6.20 Å². The van der Waals surface area contributed by atoms with Crippen LogP contribution in [0.5, 0.6) is 5.75 Å². The Hall–Kier alpha value is -2.30. The molecular weight excluding hydrogens is 254 g/mol. The van der Waals surface area contributed by atoms with Crippen molar-refractivity contribution in [3.05, 3.63) is 47.3 Å². The summed E-state index contributed by atoms with van der Waals surface area (Å²) in [5.74, 6) is 0.802. The molecule has 2 N–H and O–H groups in total. The highest BCUT2D eigenvalue weighted by atomic mass is 16.5. The number of benzene rings is 1. The smallest absolute Gasteiger partial charge is 0.223 e. The highest BCUT2D eigenvalue weighted by Gasteiger charge is 2.05. The molecule has 0 unspecified atom stereocenters. The first-order valence-electron chi connectivity index (χ1n) is 6.61. The van der Waals surface area contributed by atoms with Gasteiger partial charge >= 0.3 is 0 Å². The fraction of sp³-hybridized carbons (Fsp3) is 0.333. The first kappa shape index (κ1) is 14.1. The van der Waals surface area contributed by atoms with E-state index in [4.69, 9.17) is 4.74 Å². The average Bonchev–Trinajstić information content (AvgIpc) is 2.94. The maximum absolute atomic E-state index is 11.7. The fourth-order valence-corrected chi connectivity index (χ4v) is 1.80. The zero-order valence-corrected chi connectivity index (χ0v) is 11.8. The Morgan fingerprint density at radius 2 is 2.20 bits per heavy atom. The van der Waals surface area contributed by atoms with E-state index < -0.39 is 0 Å². The van der Waals surface area contributed by atoms with Gasteiger partial charge in [0.1, 0.15) is 5.75 Å². The molecule has 0 saturated carbocycles. The number of hydrogen-bond donors (Lipinski definition) is 2. The molecular formula is C15H19N3O2. The van der Waals surface area contributed by atoms with Crippen LogP contribution in [-0.4, -0.2) is 22.7 Å². The standard InChI is InChI=1S/C15H19N3O2/c1-11-4-3-5-14(12(11)2)20-9-7-15(19)16-10-13-6-8-17-18-13/h3-6,8H,7,9-10H2,1-2H3,(H,16,19)(H,17,18). The molecule has 1 heterocycles. The normalized spacial score (nSPS) is 10.3. The summed E-state index contributed by atoms with van der Waals surface area (Å²) in [6.07, 6.45) is 1.99. The van der Waals surface area contributed by atoms with Gasteiger partial charge in [0.25, 0.3) is 0 Å². The van der Waals surface area contributed by atoms with Gasteiger partial charge in [-0.15, -0.1) is 0 Å². The van der Waals surface area contributed by atoms with Crippen molar-refractivity contribution in [2.24, 2.45) is 0 Å². The maximum atomic E-state index is 11.7. The SMILES string of the molecule is Cc1cccc(OCCC(=O)NCc2ccn[nH]2)c1C. The van der Waals surface area contributed by atoms with E-state index in [1.807, 2.05) is 38.1 Å². The van der Waals surface area contributed by atoms with E-state index >= 15 is 0 Å². The summed E-state index contributed by atoms with van der Waals surface area (Å²) < 4.78 is 5.64. The maximum Gasteiger partial charge on any atom is 0.223 e. The van der Waals surface area contributed by atoms with Crippen molar-refractivity contribution in [1.29, 1.82) is 0 Å². The summed E-state index contributed by atoms with van der Waals surface area (Å²) in [5.41, 5.74) is 3.19. The second-order valence-corrected chi connectivity index (χ2v) is 4.66. The Labute approximate surface area is 118 Å². The van der Waals surface area contributed by atoms with Crippen molar-refractivity contribution in [3.63, 3.8) is 0 Å². The molecule has 0 bridgehead atoms. The topological polar surface area (TPSA) is 67.0 Å². The van der Waals surface area contributed by atoms with Gasteiger partial charge in [0.2, 0.25) is 5.91 Å². The van der Waals surface area contributed by atoms with Crippen LogP contribution < -0.4 is 10.1 Å². The highest BCUT2D eigenvalue weighted by Crippen LogP contribution is 2.20. The number of rotatable bonds is 6. The molecule has 0 fully saturated rings. The van der Waals surface area contributed by atoms with Gasteiger partial charge in [0.15, 0.2) is 0 Å². The summed E-state index contributed by atoms with van der Waals surface area (Å²) in [6, 6.07) is 7.74. The zero-order valence-electron chi connectivity index (χ0n) is 11.8.